The smallest absolute Gasteiger partial charge is 0.127 e. The maximum atomic E-state index is 6.22. The quantitative estimate of drug-likeness (QED) is 0.912. The number of benzene rings is 1. The zero-order valence-corrected chi connectivity index (χ0v) is 12.6. The number of nitrogens with one attached hydrogen (secondary N) is 1. The maximum absolute atomic E-state index is 6.22. The minimum absolute atomic E-state index is 0.00774. The summed E-state index contributed by atoms with van der Waals surface area (Å²) in [5.74, 6) is 1.55. The molecule has 1 unspecified atom stereocenters. The van der Waals surface area contributed by atoms with Gasteiger partial charge in [-0.2, -0.15) is 0 Å². The lowest BCUT2D eigenvalue weighted by Gasteiger charge is -2.19. The van der Waals surface area contributed by atoms with Crippen LogP contribution in [0.2, 0.25) is 5.02 Å². The molecule has 0 spiro atoms. The number of thiophene rings is 1. The molecule has 102 valence electrons. The molecule has 1 aromatic heterocycles. The van der Waals surface area contributed by atoms with Gasteiger partial charge >= 0.3 is 0 Å². The molecule has 0 aliphatic rings. The van der Waals surface area contributed by atoms with E-state index in [4.69, 9.17) is 21.1 Å². The molecule has 1 aromatic carbocycles. The van der Waals surface area contributed by atoms with E-state index in [1.54, 1.807) is 25.6 Å². The van der Waals surface area contributed by atoms with Crippen LogP contribution in [0.3, 0.4) is 0 Å². The summed E-state index contributed by atoms with van der Waals surface area (Å²) >= 11 is 7.85. The Kier molecular flexibility index (Phi) is 4.69. The van der Waals surface area contributed by atoms with Crippen LogP contribution in [0, 0.1) is 0 Å². The Bertz CT molecular complexity index is 556. The highest BCUT2D eigenvalue weighted by molar-refractivity contribution is 7.10. The lowest BCUT2D eigenvalue weighted by Crippen LogP contribution is -2.17. The fourth-order valence-corrected chi connectivity index (χ4v) is 3.29. The molecular formula is C14H16ClNO2S. The van der Waals surface area contributed by atoms with Crippen LogP contribution in [0.4, 0.5) is 0 Å². The molecule has 0 saturated heterocycles. The molecule has 0 aliphatic heterocycles. The highest BCUT2D eigenvalue weighted by atomic mass is 35.5. The van der Waals surface area contributed by atoms with Crippen molar-refractivity contribution in [2.45, 2.75) is 6.04 Å². The molecule has 5 heteroatoms. The van der Waals surface area contributed by atoms with E-state index in [9.17, 15) is 0 Å². The van der Waals surface area contributed by atoms with Crippen LogP contribution in [-0.4, -0.2) is 21.3 Å². The third-order valence-electron chi connectivity index (χ3n) is 2.95. The second-order valence-corrected chi connectivity index (χ2v) is 5.32. The van der Waals surface area contributed by atoms with E-state index in [1.807, 2.05) is 36.7 Å². The van der Waals surface area contributed by atoms with Gasteiger partial charge in [-0.15, -0.1) is 11.3 Å². The van der Waals surface area contributed by atoms with Crippen molar-refractivity contribution in [1.29, 1.82) is 0 Å². The van der Waals surface area contributed by atoms with E-state index >= 15 is 0 Å². The molecule has 0 aliphatic carbocycles. The Labute approximate surface area is 122 Å². The van der Waals surface area contributed by atoms with Crippen LogP contribution in [0.1, 0.15) is 16.5 Å². The van der Waals surface area contributed by atoms with Crippen LogP contribution in [-0.2, 0) is 0 Å². The molecule has 19 heavy (non-hydrogen) atoms. The second kappa shape index (κ2) is 6.28. The first-order valence-corrected chi connectivity index (χ1v) is 7.09. The Morgan fingerprint density at radius 3 is 2.53 bits per heavy atom. The molecule has 0 radical (unpaired) electrons. The van der Waals surface area contributed by atoms with Gasteiger partial charge in [0.1, 0.15) is 11.5 Å². The van der Waals surface area contributed by atoms with Crippen molar-refractivity contribution in [3.63, 3.8) is 0 Å². The molecule has 1 heterocycles. The van der Waals surface area contributed by atoms with Crippen molar-refractivity contribution in [2.24, 2.45) is 0 Å². The summed E-state index contributed by atoms with van der Waals surface area (Å²) in [6, 6.07) is 7.70. The summed E-state index contributed by atoms with van der Waals surface area (Å²) in [4.78, 5) is 1.08. The van der Waals surface area contributed by atoms with Crippen molar-refractivity contribution in [1.82, 2.24) is 5.32 Å². The molecule has 2 aromatic rings. The van der Waals surface area contributed by atoms with Crippen molar-refractivity contribution in [3.8, 4) is 11.5 Å². The average molecular weight is 298 g/mol. The summed E-state index contributed by atoms with van der Waals surface area (Å²) in [7, 11) is 5.20. The van der Waals surface area contributed by atoms with Gasteiger partial charge in [0, 0.05) is 16.5 Å². The van der Waals surface area contributed by atoms with E-state index < -0.39 is 0 Å². The Morgan fingerprint density at radius 1 is 1.21 bits per heavy atom. The molecule has 0 fully saturated rings. The Hall–Kier alpha value is -1.23. The van der Waals surface area contributed by atoms with Gasteiger partial charge in [-0.1, -0.05) is 11.6 Å². The monoisotopic (exact) mass is 297 g/mol. The van der Waals surface area contributed by atoms with Crippen molar-refractivity contribution >= 4 is 22.9 Å². The van der Waals surface area contributed by atoms with Crippen LogP contribution < -0.4 is 14.8 Å². The third kappa shape index (κ3) is 2.86. The standard InChI is InChI=1S/C14H16ClNO2S/c1-16-13(14-11(15)6-7-19-14)10-5-4-9(17-2)8-12(10)18-3/h4-8,13,16H,1-3H3. The van der Waals surface area contributed by atoms with Crippen LogP contribution >= 0.6 is 22.9 Å². The molecule has 2 rings (SSSR count). The van der Waals surface area contributed by atoms with Gasteiger partial charge in [-0.3, -0.25) is 0 Å². The largest absolute Gasteiger partial charge is 0.497 e. The van der Waals surface area contributed by atoms with E-state index in [2.05, 4.69) is 5.32 Å². The van der Waals surface area contributed by atoms with Gasteiger partial charge in [0.15, 0.2) is 0 Å². The van der Waals surface area contributed by atoms with Gasteiger partial charge in [0.25, 0.3) is 0 Å². The van der Waals surface area contributed by atoms with E-state index in [0.29, 0.717) is 0 Å². The predicted octanol–water partition coefficient (Wildman–Crippen LogP) is 3.73. The molecule has 0 bridgehead atoms. The fraction of sp³-hybridized carbons (Fsp3) is 0.286. The topological polar surface area (TPSA) is 30.5 Å². The first kappa shape index (κ1) is 14.2. The summed E-state index contributed by atoms with van der Waals surface area (Å²) in [6.07, 6.45) is 0. The molecule has 0 saturated carbocycles. The third-order valence-corrected chi connectivity index (χ3v) is 4.37. The molecule has 3 nitrogen and oxygen atoms in total. The van der Waals surface area contributed by atoms with Crippen molar-refractivity contribution < 1.29 is 9.47 Å². The van der Waals surface area contributed by atoms with E-state index in [1.165, 1.54) is 0 Å². The summed E-state index contributed by atoms with van der Waals surface area (Å²) < 4.78 is 10.7. The predicted molar refractivity (Wildman–Crippen MR) is 79.8 cm³/mol. The van der Waals surface area contributed by atoms with Crippen LogP contribution in [0.5, 0.6) is 11.5 Å². The molecule has 1 atom stereocenters. The lowest BCUT2D eigenvalue weighted by molar-refractivity contribution is 0.388. The van der Waals surface area contributed by atoms with E-state index in [0.717, 1.165) is 27.0 Å². The molecule has 1 N–H and O–H groups in total. The number of methoxy groups -OCH3 is 2. The number of hydrogen-bond acceptors (Lipinski definition) is 4. The number of rotatable bonds is 5. The van der Waals surface area contributed by atoms with E-state index in [-0.39, 0.29) is 6.04 Å². The summed E-state index contributed by atoms with van der Waals surface area (Å²) in [5, 5.41) is 6.03. The Morgan fingerprint density at radius 2 is 2.00 bits per heavy atom. The highest BCUT2D eigenvalue weighted by Crippen LogP contribution is 2.37. The van der Waals surface area contributed by atoms with Crippen LogP contribution in [0.15, 0.2) is 29.6 Å². The zero-order valence-electron chi connectivity index (χ0n) is 11.1. The number of halogens is 1. The molecule has 0 amide bonds. The molecular weight excluding hydrogens is 282 g/mol. The lowest BCUT2D eigenvalue weighted by atomic mass is 10.0. The second-order valence-electron chi connectivity index (χ2n) is 3.96. The van der Waals surface area contributed by atoms with Crippen LogP contribution in [0.25, 0.3) is 0 Å². The summed E-state index contributed by atoms with van der Waals surface area (Å²) in [6.45, 7) is 0. The maximum Gasteiger partial charge on any atom is 0.127 e. The Balaban J connectivity index is 2.46. The first-order chi connectivity index (χ1) is 9.21. The summed E-state index contributed by atoms with van der Waals surface area (Å²) in [5.41, 5.74) is 1.04. The number of hydrogen-bond donors (Lipinski definition) is 1. The number of ether oxygens (including phenoxy) is 2. The highest BCUT2D eigenvalue weighted by Gasteiger charge is 2.20. The van der Waals surface area contributed by atoms with Gasteiger partial charge in [0.2, 0.25) is 0 Å². The minimum Gasteiger partial charge on any atom is -0.497 e. The van der Waals surface area contributed by atoms with Gasteiger partial charge < -0.3 is 14.8 Å². The zero-order chi connectivity index (χ0) is 13.8. The fourth-order valence-electron chi connectivity index (χ4n) is 2.00. The normalized spacial score (nSPS) is 12.2. The average Bonchev–Trinajstić information content (AvgIpc) is 2.86. The first-order valence-electron chi connectivity index (χ1n) is 5.83. The van der Waals surface area contributed by atoms with Gasteiger partial charge in [-0.05, 0) is 30.6 Å². The van der Waals surface area contributed by atoms with Crippen molar-refractivity contribution in [3.05, 3.63) is 45.1 Å². The van der Waals surface area contributed by atoms with Gasteiger partial charge in [0.05, 0.1) is 25.3 Å². The van der Waals surface area contributed by atoms with Gasteiger partial charge in [-0.25, -0.2) is 0 Å². The SMILES string of the molecule is CNC(c1ccc(OC)cc1OC)c1sccc1Cl. The minimum atomic E-state index is 0.00774. The van der Waals surface area contributed by atoms with Crippen molar-refractivity contribution in [2.75, 3.05) is 21.3 Å².